The zero-order chi connectivity index (χ0) is 15.1. The molecule has 1 rings (SSSR count). The van der Waals surface area contributed by atoms with Crippen molar-refractivity contribution in [3.63, 3.8) is 0 Å². The molecule has 0 spiro atoms. The van der Waals surface area contributed by atoms with Crippen LogP contribution in [0.1, 0.15) is 13.8 Å². The normalized spacial score (nSPS) is 11.6. The van der Waals surface area contributed by atoms with Crippen LogP contribution in [0.4, 0.5) is 0 Å². The van der Waals surface area contributed by atoms with Gasteiger partial charge in [-0.1, -0.05) is 11.8 Å². The number of aromatic nitrogens is 2. The summed E-state index contributed by atoms with van der Waals surface area (Å²) in [6, 6.07) is 1.50. The van der Waals surface area contributed by atoms with Crippen LogP contribution in [0.3, 0.4) is 0 Å². The molecule has 0 aliphatic rings. The largest absolute Gasteiger partial charge is 0.481 e. The number of nitrogens with zero attached hydrogens (tertiary/aromatic N) is 2. The first kappa shape index (κ1) is 16.2. The van der Waals surface area contributed by atoms with E-state index in [9.17, 15) is 9.59 Å². The smallest absolute Gasteiger partial charge is 0.327 e. The van der Waals surface area contributed by atoms with Crippen molar-refractivity contribution in [1.82, 2.24) is 9.97 Å². The first-order chi connectivity index (χ1) is 9.51. The third-order valence-corrected chi connectivity index (χ3v) is 3.32. The van der Waals surface area contributed by atoms with E-state index in [2.05, 4.69) is 9.97 Å². The molecule has 8 heteroatoms. The van der Waals surface area contributed by atoms with E-state index in [4.69, 9.17) is 14.2 Å². The van der Waals surface area contributed by atoms with Crippen LogP contribution < -0.4 is 9.47 Å². The Kier molecular flexibility index (Phi) is 6.23. The highest BCUT2D eigenvalue weighted by Gasteiger charge is 2.27. The number of hydrogen-bond acceptors (Lipinski definition) is 8. The van der Waals surface area contributed by atoms with Crippen molar-refractivity contribution in [2.24, 2.45) is 0 Å². The zero-order valence-corrected chi connectivity index (χ0v) is 12.5. The monoisotopic (exact) mass is 300 g/mol. The van der Waals surface area contributed by atoms with E-state index < -0.39 is 11.2 Å². The van der Waals surface area contributed by atoms with Gasteiger partial charge < -0.3 is 14.2 Å². The van der Waals surface area contributed by atoms with Crippen molar-refractivity contribution in [3.8, 4) is 11.8 Å². The number of carbonyl (C=O) groups excluding carboxylic acids is 2. The second-order valence-electron chi connectivity index (χ2n) is 3.60. The third kappa shape index (κ3) is 4.37. The molecule has 0 amide bonds. The first-order valence-corrected chi connectivity index (χ1v) is 6.70. The molecule has 20 heavy (non-hydrogen) atoms. The lowest BCUT2D eigenvalue weighted by Crippen LogP contribution is -2.27. The van der Waals surface area contributed by atoms with Crippen molar-refractivity contribution in [1.29, 1.82) is 0 Å². The topological polar surface area (TPSA) is 87.6 Å². The van der Waals surface area contributed by atoms with E-state index in [0.29, 0.717) is 0 Å². The Morgan fingerprint density at radius 2 is 1.80 bits per heavy atom. The van der Waals surface area contributed by atoms with E-state index in [1.807, 2.05) is 0 Å². The minimum Gasteiger partial charge on any atom is -0.481 e. The van der Waals surface area contributed by atoms with Gasteiger partial charge in [-0.05, 0) is 13.8 Å². The van der Waals surface area contributed by atoms with Gasteiger partial charge in [0.15, 0.2) is 16.2 Å². The molecule has 1 atom stereocenters. The van der Waals surface area contributed by atoms with Gasteiger partial charge in [0.25, 0.3) is 0 Å². The van der Waals surface area contributed by atoms with Gasteiger partial charge in [0.2, 0.25) is 11.8 Å². The van der Waals surface area contributed by atoms with Crippen LogP contribution >= 0.6 is 11.8 Å². The molecule has 0 aliphatic heterocycles. The number of hydrogen-bond donors (Lipinski definition) is 0. The van der Waals surface area contributed by atoms with Gasteiger partial charge >= 0.3 is 5.97 Å². The molecule has 0 bridgehead atoms. The van der Waals surface area contributed by atoms with Crippen molar-refractivity contribution in [2.75, 3.05) is 20.8 Å². The summed E-state index contributed by atoms with van der Waals surface area (Å²) in [6.45, 7) is 3.18. The van der Waals surface area contributed by atoms with Crippen LogP contribution in [0.15, 0.2) is 11.2 Å². The Hall–Kier alpha value is -1.83. The van der Waals surface area contributed by atoms with Gasteiger partial charge in [-0.2, -0.15) is 9.97 Å². The lowest BCUT2D eigenvalue weighted by Gasteiger charge is -2.12. The van der Waals surface area contributed by atoms with Gasteiger partial charge in [-0.25, -0.2) is 0 Å². The Morgan fingerprint density at radius 1 is 1.25 bits per heavy atom. The molecule has 1 aromatic rings. The molecular formula is C12H16N2O5S. The van der Waals surface area contributed by atoms with Crippen LogP contribution in [-0.4, -0.2) is 47.8 Å². The van der Waals surface area contributed by atoms with Crippen LogP contribution in [-0.2, 0) is 14.3 Å². The molecule has 110 valence electrons. The van der Waals surface area contributed by atoms with E-state index in [1.54, 1.807) is 6.92 Å². The average molecular weight is 300 g/mol. The molecule has 0 radical (unpaired) electrons. The summed E-state index contributed by atoms with van der Waals surface area (Å²) in [5, 5.41) is -0.804. The van der Waals surface area contributed by atoms with Crippen molar-refractivity contribution in [3.05, 3.63) is 6.07 Å². The quantitative estimate of drug-likeness (QED) is 0.320. The summed E-state index contributed by atoms with van der Waals surface area (Å²) in [7, 11) is 2.90. The number of thioether (sulfide) groups is 1. The second kappa shape index (κ2) is 7.68. The fourth-order valence-electron chi connectivity index (χ4n) is 1.27. The van der Waals surface area contributed by atoms with Gasteiger partial charge in [0.1, 0.15) is 0 Å². The molecule has 1 aromatic heterocycles. The zero-order valence-electron chi connectivity index (χ0n) is 11.7. The maximum Gasteiger partial charge on any atom is 0.327 e. The van der Waals surface area contributed by atoms with Crippen molar-refractivity contribution >= 4 is 23.5 Å². The second-order valence-corrected chi connectivity index (χ2v) is 4.67. The summed E-state index contributed by atoms with van der Waals surface area (Å²) >= 11 is 0.898. The third-order valence-electron chi connectivity index (χ3n) is 2.17. The van der Waals surface area contributed by atoms with E-state index in [-0.39, 0.29) is 29.3 Å². The maximum atomic E-state index is 11.7. The Bertz CT molecular complexity index is 472. The number of ketones is 1. The number of ether oxygens (including phenoxy) is 3. The number of rotatable bonds is 7. The predicted molar refractivity (Wildman–Crippen MR) is 72.1 cm³/mol. The predicted octanol–water partition coefficient (Wildman–Crippen LogP) is 1.11. The summed E-state index contributed by atoms with van der Waals surface area (Å²) in [4.78, 5) is 31.4. The Labute approximate surface area is 121 Å². The van der Waals surface area contributed by atoms with Gasteiger partial charge in [0.05, 0.1) is 26.9 Å². The van der Waals surface area contributed by atoms with E-state index in [0.717, 1.165) is 11.8 Å². The summed E-state index contributed by atoms with van der Waals surface area (Å²) < 4.78 is 14.9. The molecule has 1 heterocycles. The van der Waals surface area contributed by atoms with Crippen LogP contribution in [0.25, 0.3) is 0 Å². The van der Waals surface area contributed by atoms with E-state index in [1.165, 1.54) is 27.2 Å². The molecule has 0 fully saturated rings. The average Bonchev–Trinajstić information content (AvgIpc) is 2.44. The van der Waals surface area contributed by atoms with E-state index >= 15 is 0 Å². The highest BCUT2D eigenvalue weighted by atomic mass is 32.2. The van der Waals surface area contributed by atoms with Crippen LogP contribution in [0, 0.1) is 0 Å². The lowest BCUT2D eigenvalue weighted by molar-refractivity contribution is -0.144. The number of methoxy groups -OCH3 is 2. The fraction of sp³-hybridized carbons (Fsp3) is 0.500. The minimum atomic E-state index is -1.01. The molecule has 7 nitrogen and oxygen atoms in total. The lowest BCUT2D eigenvalue weighted by atomic mass is 10.3. The summed E-state index contributed by atoms with van der Waals surface area (Å²) in [5.41, 5.74) is 0. The Balaban J connectivity index is 2.98. The molecule has 0 aliphatic carbocycles. The maximum absolute atomic E-state index is 11.7. The van der Waals surface area contributed by atoms with Crippen LogP contribution in [0.2, 0.25) is 0 Å². The highest BCUT2D eigenvalue weighted by Crippen LogP contribution is 2.26. The standard InChI is InChI=1S/C12H16N2O5S/c1-5-19-11(16)10(7(2)15)20-12-13-8(17-3)6-9(14-12)18-4/h6,10H,5H2,1-4H3. The summed E-state index contributed by atoms with van der Waals surface area (Å²) in [5.74, 6) is -0.384. The fourth-order valence-corrected chi connectivity index (χ4v) is 2.09. The molecule has 0 N–H and O–H groups in total. The Morgan fingerprint density at radius 3 is 2.20 bits per heavy atom. The van der Waals surface area contributed by atoms with Gasteiger partial charge in [-0.3, -0.25) is 9.59 Å². The molecule has 1 unspecified atom stereocenters. The minimum absolute atomic E-state index is 0.200. The summed E-state index contributed by atoms with van der Waals surface area (Å²) in [6.07, 6.45) is 0. The SMILES string of the molecule is CCOC(=O)C(Sc1nc(OC)cc(OC)n1)C(C)=O. The number of esters is 1. The van der Waals surface area contributed by atoms with Crippen molar-refractivity contribution in [2.45, 2.75) is 24.3 Å². The van der Waals surface area contributed by atoms with Gasteiger partial charge in [-0.15, -0.1) is 0 Å². The molecular weight excluding hydrogens is 284 g/mol. The molecule has 0 saturated heterocycles. The molecule has 0 saturated carbocycles. The molecule has 0 aromatic carbocycles. The number of carbonyl (C=O) groups is 2. The van der Waals surface area contributed by atoms with Gasteiger partial charge in [0, 0.05) is 0 Å². The first-order valence-electron chi connectivity index (χ1n) is 5.82. The van der Waals surface area contributed by atoms with Crippen molar-refractivity contribution < 1.29 is 23.8 Å². The number of Topliss-reactive ketones (excluding diaryl/α,β-unsaturated/α-hetero) is 1. The highest BCUT2D eigenvalue weighted by molar-refractivity contribution is 8.01. The van der Waals surface area contributed by atoms with Crippen LogP contribution in [0.5, 0.6) is 11.8 Å².